The van der Waals surface area contributed by atoms with Gasteiger partial charge < -0.3 is 14.8 Å². The standard InChI is InChI=1S/C20H23NO3/c22-16(7-15-6-12-1-2-13(15)5-12)9-18-17-10-20-19(23-11-24-20)8-14(17)3-4-21-18/h8-10,12-13,15,21H,1-7,11H2/b18-9-/t12-,13-,15-/m0/s1. The van der Waals surface area contributed by atoms with Gasteiger partial charge in [-0.05, 0) is 61.1 Å². The number of hydrogen-bond donors (Lipinski definition) is 1. The summed E-state index contributed by atoms with van der Waals surface area (Å²) < 4.78 is 11.0. The van der Waals surface area contributed by atoms with Gasteiger partial charge in [0.2, 0.25) is 6.79 Å². The van der Waals surface area contributed by atoms with Gasteiger partial charge in [0.15, 0.2) is 17.3 Å². The van der Waals surface area contributed by atoms with Crippen molar-refractivity contribution in [3.05, 3.63) is 29.3 Å². The highest BCUT2D eigenvalue weighted by molar-refractivity contribution is 5.97. The fourth-order valence-corrected chi connectivity index (χ4v) is 5.10. The van der Waals surface area contributed by atoms with Crippen LogP contribution in [-0.4, -0.2) is 19.1 Å². The number of carbonyl (C=O) groups is 1. The topological polar surface area (TPSA) is 47.6 Å². The van der Waals surface area contributed by atoms with Crippen molar-refractivity contribution in [2.75, 3.05) is 13.3 Å². The molecule has 0 amide bonds. The van der Waals surface area contributed by atoms with Gasteiger partial charge in [0.05, 0.1) is 0 Å². The number of ketones is 1. The number of nitrogens with one attached hydrogen (secondary N) is 1. The highest BCUT2D eigenvalue weighted by atomic mass is 16.7. The second kappa shape index (κ2) is 5.54. The van der Waals surface area contributed by atoms with Crippen LogP contribution in [0.15, 0.2) is 18.2 Å². The second-order valence-corrected chi connectivity index (χ2v) is 7.70. The van der Waals surface area contributed by atoms with E-state index in [0.717, 1.165) is 47.6 Å². The van der Waals surface area contributed by atoms with Crippen LogP contribution in [0.3, 0.4) is 0 Å². The van der Waals surface area contributed by atoms with Gasteiger partial charge in [-0.15, -0.1) is 0 Å². The van der Waals surface area contributed by atoms with Gasteiger partial charge >= 0.3 is 0 Å². The lowest BCUT2D eigenvalue weighted by Crippen LogP contribution is -2.24. The zero-order valence-electron chi connectivity index (χ0n) is 13.8. The number of benzene rings is 1. The number of ether oxygens (including phenoxy) is 2. The normalized spacial score (nSPS) is 31.2. The van der Waals surface area contributed by atoms with Crippen molar-refractivity contribution in [2.24, 2.45) is 17.8 Å². The van der Waals surface area contributed by atoms with E-state index in [1.54, 1.807) is 0 Å². The molecule has 5 rings (SSSR count). The summed E-state index contributed by atoms with van der Waals surface area (Å²) in [5, 5.41) is 3.40. The fourth-order valence-electron chi connectivity index (χ4n) is 5.10. The van der Waals surface area contributed by atoms with Gasteiger partial charge in [-0.1, -0.05) is 6.42 Å². The van der Waals surface area contributed by atoms with Crippen molar-refractivity contribution < 1.29 is 14.3 Å². The molecule has 2 aliphatic heterocycles. The molecule has 24 heavy (non-hydrogen) atoms. The average molecular weight is 325 g/mol. The molecular formula is C20H23NO3. The highest BCUT2D eigenvalue weighted by Gasteiger charge is 2.39. The minimum absolute atomic E-state index is 0.264. The number of carbonyl (C=O) groups excluding carboxylic acids is 1. The zero-order chi connectivity index (χ0) is 16.1. The molecule has 2 bridgehead atoms. The maximum atomic E-state index is 12.6. The Morgan fingerprint density at radius 3 is 2.88 bits per heavy atom. The molecule has 0 aromatic heterocycles. The quantitative estimate of drug-likeness (QED) is 0.866. The Hall–Kier alpha value is -1.97. The van der Waals surface area contributed by atoms with Gasteiger partial charge in [-0.3, -0.25) is 4.79 Å². The third kappa shape index (κ3) is 2.40. The smallest absolute Gasteiger partial charge is 0.231 e. The molecule has 1 aromatic rings. The molecule has 0 saturated heterocycles. The van der Waals surface area contributed by atoms with Gasteiger partial charge in [0.1, 0.15) is 0 Å². The summed E-state index contributed by atoms with van der Waals surface area (Å²) in [5.74, 6) is 4.19. The van der Waals surface area contributed by atoms with Crippen LogP contribution in [0.1, 0.15) is 43.2 Å². The van der Waals surface area contributed by atoms with Crippen molar-refractivity contribution in [1.29, 1.82) is 0 Å². The molecule has 0 spiro atoms. The number of hydrogen-bond acceptors (Lipinski definition) is 4. The van der Waals surface area contributed by atoms with Crippen LogP contribution in [-0.2, 0) is 11.2 Å². The van der Waals surface area contributed by atoms with Crippen LogP contribution in [0.2, 0.25) is 0 Å². The molecule has 4 aliphatic rings. The molecule has 2 saturated carbocycles. The first-order valence-corrected chi connectivity index (χ1v) is 9.17. The second-order valence-electron chi connectivity index (χ2n) is 7.70. The SMILES string of the molecule is O=C(/C=C1\NCCc2cc3c(cc21)OCO3)C[C@@H]1C[C@H]2CC[C@H]1C2. The van der Waals surface area contributed by atoms with Crippen molar-refractivity contribution in [3.8, 4) is 11.5 Å². The maximum Gasteiger partial charge on any atom is 0.231 e. The van der Waals surface area contributed by atoms with Crippen LogP contribution >= 0.6 is 0 Å². The Morgan fingerprint density at radius 1 is 1.21 bits per heavy atom. The predicted molar refractivity (Wildman–Crippen MR) is 90.8 cm³/mol. The molecular weight excluding hydrogens is 302 g/mol. The molecule has 4 heteroatoms. The van der Waals surface area contributed by atoms with Crippen molar-refractivity contribution in [1.82, 2.24) is 5.32 Å². The third-order valence-corrected chi connectivity index (χ3v) is 6.25. The average Bonchev–Trinajstić information content (AvgIpc) is 3.29. The Kier molecular flexibility index (Phi) is 3.32. The molecule has 0 unspecified atom stereocenters. The Bertz CT molecular complexity index is 724. The Morgan fingerprint density at radius 2 is 2.08 bits per heavy atom. The summed E-state index contributed by atoms with van der Waals surface area (Å²) in [7, 11) is 0. The van der Waals surface area contributed by atoms with Crippen molar-refractivity contribution in [3.63, 3.8) is 0 Å². The molecule has 1 N–H and O–H groups in total. The van der Waals surface area contributed by atoms with Gasteiger partial charge in [-0.25, -0.2) is 0 Å². The molecule has 2 heterocycles. The molecule has 2 aliphatic carbocycles. The molecule has 2 fully saturated rings. The minimum atomic E-state index is 0.264. The lowest BCUT2D eigenvalue weighted by Gasteiger charge is -2.23. The molecule has 126 valence electrons. The first kappa shape index (κ1) is 14.4. The predicted octanol–water partition coefficient (Wildman–Crippen LogP) is 3.30. The van der Waals surface area contributed by atoms with E-state index in [-0.39, 0.29) is 12.6 Å². The van der Waals surface area contributed by atoms with E-state index in [1.165, 1.54) is 31.2 Å². The lowest BCUT2D eigenvalue weighted by atomic mass is 9.85. The number of rotatable bonds is 3. The van der Waals surface area contributed by atoms with Crippen molar-refractivity contribution >= 4 is 11.5 Å². The van der Waals surface area contributed by atoms with E-state index in [1.807, 2.05) is 12.1 Å². The molecule has 1 aromatic carbocycles. The summed E-state index contributed by atoms with van der Waals surface area (Å²) in [4.78, 5) is 12.6. The number of fused-ring (bicyclic) bond motifs is 4. The first-order chi connectivity index (χ1) is 11.8. The van der Waals surface area contributed by atoms with E-state index in [4.69, 9.17) is 9.47 Å². The van der Waals surface area contributed by atoms with E-state index < -0.39 is 0 Å². The molecule has 3 atom stereocenters. The fraction of sp³-hybridized carbons (Fsp3) is 0.550. The summed E-state index contributed by atoms with van der Waals surface area (Å²) in [5.41, 5.74) is 3.27. The summed E-state index contributed by atoms with van der Waals surface area (Å²) in [6.07, 6.45) is 8.84. The number of allylic oxidation sites excluding steroid dienone is 1. The highest BCUT2D eigenvalue weighted by Crippen LogP contribution is 2.49. The molecule has 4 nitrogen and oxygen atoms in total. The van der Waals surface area contributed by atoms with Crippen molar-refractivity contribution in [2.45, 2.75) is 38.5 Å². The maximum absolute atomic E-state index is 12.6. The van der Waals surface area contributed by atoms with Gasteiger partial charge in [0, 0.05) is 30.3 Å². The van der Waals surface area contributed by atoms with E-state index in [9.17, 15) is 4.79 Å². The zero-order valence-corrected chi connectivity index (χ0v) is 13.8. The lowest BCUT2D eigenvalue weighted by molar-refractivity contribution is -0.115. The third-order valence-electron chi connectivity index (χ3n) is 6.25. The first-order valence-electron chi connectivity index (χ1n) is 9.17. The minimum Gasteiger partial charge on any atom is -0.454 e. The van der Waals surface area contributed by atoms with Crippen LogP contribution in [0.5, 0.6) is 11.5 Å². The summed E-state index contributed by atoms with van der Waals surface area (Å²) in [6.45, 7) is 1.15. The molecule has 0 radical (unpaired) electrons. The van der Waals surface area contributed by atoms with Gasteiger partial charge in [0.25, 0.3) is 0 Å². The Labute approximate surface area is 142 Å². The Balaban J connectivity index is 1.37. The van der Waals surface area contributed by atoms with Crippen LogP contribution < -0.4 is 14.8 Å². The van der Waals surface area contributed by atoms with Crippen LogP contribution in [0.4, 0.5) is 0 Å². The van der Waals surface area contributed by atoms with Gasteiger partial charge in [-0.2, -0.15) is 0 Å². The monoisotopic (exact) mass is 325 g/mol. The summed E-state index contributed by atoms with van der Waals surface area (Å²) >= 11 is 0. The van der Waals surface area contributed by atoms with E-state index in [0.29, 0.717) is 12.3 Å². The van der Waals surface area contributed by atoms with E-state index in [2.05, 4.69) is 11.4 Å². The van der Waals surface area contributed by atoms with Crippen LogP contribution in [0, 0.1) is 17.8 Å². The largest absolute Gasteiger partial charge is 0.454 e. The van der Waals surface area contributed by atoms with Crippen LogP contribution in [0.25, 0.3) is 5.70 Å². The van der Waals surface area contributed by atoms with E-state index >= 15 is 0 Å². The summed E-state index contributed by atoms with van der Waals surface area (Å²) in [6, 6.07) is 4.08.